The van der Waals surface area contributed by atoms with E-state index in [1.807, 2.05) is 6.08 Å². The van der Waals surface area contributed by atoms with Crippen LogP contribution >= 0.6 is 0 Å². The second-order valence-corrected chi connectivity index (χ2v) is 3.18. The van der Waals surface area contributed by atoms with Crippen LogP contribution in [0.2, 0.25) is 0 Å². The Morgan fingerprint density at radius 2 is 2.36 bits per heavy atom. The minimum Gasteiger partial charge on any atom is -0.267 e. The maximum Gasteiger partial charge on any atom is 0.0841 e. The first-order valence-corrected chi connectivity index (χ1v) is 4.20. The van der Waals surface area contributed by atoms with Crippen molar-refractivity contribution in [3.05, 3.63) is 12.7 Å². The molecule has 2 aliphatic rings. The highest BCUT2D eigenvalue weighted by atomic mass is 15.6. The van der Waals surface area contributed by atoms with Gasteiger partial charge in [0.15, 0.2) is 0 Å². The van der Waals surface area contributed by atoms with Crippen LogP contribution in [0.4, 0.5) is 0 Å². The van der Waals surface area contributed by atoms with Crippen molar-refractivity contribution in [1.82, 2.24) is 5.01 Å². The van der Waals surface area contributed by atoms with Crippen molar-refractivity contribution < 1.29 is 0 Å². The lowest BCUT2D eigenvalue weighted by molar-refractivity contribution is 0.140. The van der Waals surface area contributed by atoms with Gasteiger partial charge in [-0.2, -0.15) is 5.11 Å². The van der Waals surface area contributed by atoms with Gasteiger partial charge in [-0.15, -0.1) is 6.58 Å². The monoisotopic (exact) mass is 151 g/mol. The Labute approximate surface area is 66.8 Å². The average molecular weight is 151 g/mol. The second kappa shape index (κ2) is 2.64. The van der Waals surface area contributed by atoms with Crippen molar-refractivity contribution in [2.24, 2.45) is 10.3 Å². The normalized spacial score (nSPS) is 35.5. The molecular formula is C8H13N3. The summed E-state index contributed by atoms with van der Waals surface area (Å²) in [6, 6.07) is 1.02. The van der Waals surface area contributed by atoms with Crippen LogP contribution in [0.25, 0.3) is 0 Å². The van der Waals surface area contributed by atoms with Crippen LogP contribution in [-0.4, -0.2) is 23.6 Å². The molecule has 0 radical (unpaired) electrons. The van der Waals surface area contributed by atoms with E-state index in [-0.39, 0.29) is 0 Å². The van der Waals surface area contributed by atoms with E-state index in [1.54, 1.807) is 0 Å². The van der Waals surface area contributed by atoms with Crippen LogP contribution in [0.5, 0.6) is 0 Å². The van der Waals surface area contributed by atoms with Crippen LogP contribution in [0.3, 0.4) is 0 Å². The Morgan fingerprint density at radius 3 is 3.18 bits per heavy atom. The summed E-state index contributed by atoms with van der Waals surface area (Å²) in [4.78, 5) is 0. The standard InChI is InChI=1S/C8H13N3/c1-2-7-4-3-5-8-6-9-10-11(7)8/h2,7-8H,1,3-6H2/t7-,8+/m1/s1. The first-order valence-electron chi connectivity index (χ1n) is 4.20. The highest BCUT2D eigenvalue weighted by molar-refractivity contribution is 4.94. The average Bonchev–Trinajstić information content (AvgIpc) is 2.50. The largest absolute Gasteiger partial charge is 0.267 e. The molecule has 0 spiro atoms. The highest BCUT2D eigenvalue weighted by Crippen LogP contribution is 2.27. The molecule has 3 nitrogen and oxygen atoms in total. The fourth-order valence-electron chi connectivity index (χ4n) is 1.84. The number of hydrogen-bond donors (Lipinski definition) is 0. The Hall–Kier alpha value is -0.860. The third kappa shape index (κ3) is 1.04. The molecule has 0 aromatic carbocycles. The van der Waals surface area contributed by atoms with Gasteiger partial charge < -0.3 is 0 Å². The summed E-state index contributed by atoms with van der Waals surface area (Å²) >= 11 is 0. The first-order chi connectivity index (χ1) is 5.42. The Balaban J connectivity index is 2.11. The molecule has 2 heterocycles. The minimum absolute atomic E-state index is 0.444. The summed E-state index contributed by atoms with van der Waals surface area (Å²) in [6.45, 7) is 4.69. The predicted octanol–water partition coefficient (Wildman–Crippen LogP) is 1.78. The summed E-state index contributed by atoms with van der Waals surface area (Å²) in [5, 5.41) is 10.2. The molecule has 11 heavy (non-hydrogen) atoms. The van der Waals surface area contributed by atoms with Crippen molar-refractivity contribution in [2.45, 2.75) is 31.3 Å². The fourth-order valence-corrected chi connectivity index (χ4v) is 1.84. The van der Waals surface area contributed by atoms with Gasteiger partial charge in [-0.1, -0.05) is 11.3 Å². The van der Waals surface area contributed by atoms with Gasteiger partial charge in [0, 0.05) is 0 Å². The zero-order valence-corrected chi connectivity index (χ0v) is 6.61. The molecule has 1 saturated heterocycles. The van der Waals surface area contributed by atoms with Gasteiger partial charge in [-0.05, 0) is 19.3 Å². The summed E-state index contributed by atoms with van der Waals surface area (Å²) in [6.07, 6.45) is 5.72. The van der Waals surface area contributed by atoms with Crippen LogP contribution in [0.1, 0.15) is 19.3 Å². The molecule has 0 bridgehead atoms. The molecule has 2 atom stereocenters. The van der Waals surface area contributed by atoms with Gasteiger partial charge in [0.2, 0.25) is 0 Å². The summed E-state index contributed by atoms with van der Waals surface area (Å²) < 4.78 is 0. The molecule has 2 rings (SSSR count). The zero-order chi connectivity index (χ0) is 7.68. The second-order valence-electron chi connectivity index (χ2n) is 3.18. The van der Waals surface area contributed by atoms with Gasteiger partial charge in [-0.25, -0.2) is 0 Å². The van der Waals surface area contributed by atoms with Gasteiger partial charge in [-0.3, -0.25) is 5.01 Å². The van der Waals surface area contributed by atoms with Crippen molar-refractivity contribution in [3.8, 4) is 0 Å². The topological polar surface area (TPSA) is 28.0 Å². The molecule has 0 aromatic rings. The minimum atomic E-state index is 0.444. The molecule has 1 fully saturated rings. The summed E-state index contributed by atoms with van der Waals surface area (Å²) in [7, 11) is 0. The number of piperidine rings is 1. The summed E-state index contributed by atoms with van der Waals surface area (Å²) in [5.41, 5.74) is 0. The SMILES string of the molecule is C=C[C@@H]1CCC[C@H]2CN=NN21. The Bertz CT molecular complexity index is 188. The predicted molar refractivity (Wildman–Crippen MR) is 43.2 cm³/mol. The van der Waals surface area contributed by atoms with E-state index in [9.17, 15) is 0 Å². The van der Waals surface area contributed by atoms with Crippen molar-refractivity contribution in [1.29, 1.82) is 0 Å². The molecule has 0 amide bonds. The molecule has 0 saturated carbocycles. The van der Waals surface area contributed by atoms with E-state index in [2.05, 4.69) is 21.9 Å². The lowest BCUT2D eigenvalue weighted by Crippen LogP contribution is -2.40. The van der Waals surface area contributed by atoms with E-state index >= 15 is 0 Å². The van der Waals surface area contributed by atoms with Crippen molar-refractivity contribution in [3.63, 3.8) is 0 Å². The van der Waals surface area contributed by atoms with Crippen LogP contribution in [0, 0.1) is 0 Å². The third-order valence-corrected chi connectivity index (χ3v) is 2.48. The summed E-state index contributed by atoms with van der Waals surface area (Å²) in [5.74, 6) is 0. The molecule has 0 aliphatic carbocycles. The lowest BCUT2D eigenvalue weighted by atomic mass is 9.98. The molecule has 2 aliphatic heterocycles. The third-order valence-electron chi connectivity index (χ3n) is 2.48. The van der Waals surface area contributed by atoms with E-state index in [4.69, 9.17) is 0 Å². The molecule has 0 unspecified atom stereocenters. The van der Waals surface area contributed by atoms with Gasteiger partial charge in [0.1, 0.15) is 0 Å². The molecule has 60 valence electrons. The Morgan fingerprint density at radius 1 is 1.45 bits per heavy atom. The zero-order valence-electron chi connectivity index (χ0n) is 6.61. The molecule has 0 aromatic heterocycles. The van der Waals surface area contributed by atoms with E-state index in [0.717, 1.165) is 6.54 Å². The Kier molecular flexibility index (Phi) is 1.64. The molecular weight excluding hydrogens is 138 g/mol. The van der Waals surface area contributed by atoms with Crippen LogP contribution in [-0.2, 0) is 0 Å². The molecule has 0 N–H and O–H groups in total. The highest BCUT2D eigenvalue weighted by Gasteiger charge is 2.30. The smallest absolute Gasteiger partial charge is 0.0841 e. The number of fused-ring (bicyclic) bond motifs is 1. The number of hydrogen-bond acceptors (Lipinski definition) is 3. The van der Waals surface area contributed by atoms with Gasteiger partial charge in [0.25, 0.3) is 0 Å². The van der Waals surface area contributed by atoms with E-state index in [1.165, 1.54) is 19.3 Å². The quantitative estimate of drug-likeness (QED) is 0.525. The van der Waals surface area contributed by atoms with Crippen LogP contribution < -0.4 is 0 Å². The van der Waals surface area contributed by atoms with Crippen molar-refractivity contribution in [2.75, 3.05) is 6.54 Å². The molecule has 3 heteroatoms. The van der Waals surface area contributed by atoms with Gasteiger partial charge >= 0.3 is 0 Å². The van der Waals surface area contributed by atoms with E-state index < -0.39 is 0 Å². The van der Waals surface area contributed by atoms with Crippen LogP contribution in [0.15, 0.2) is 23.0 Å². The number of rotatable bonds is 1. The first kappa shape index (κ1) is 6.83. The van der Waals surface area contributed by atoms with E-state index in [0.29, 0.717) is 12.1 Å². The van der Waals surface area contributed by atoms with Crippen molar-refractivity contribution >= 4 is 0 Å². The maximum absolute atomic E-state index is 4.10. The fraction of sp³-hybridized carbons (Fsp3) is 0.750. The van der Waals surface area contributed by atoms with Gasteiger partial charge in [0.05, 0.1) is 18.6 Å². The number of nitrogens with zero attached hydrogens (tertiary/aromatic N) is 3. The maximum atomic E-state index is 4.10. The lowest BCUT2D eigenvalue weighted by Gasteiger charge is -2.33.